The van der Waals surface area contributed by atoms with Crippen molar-refractivity contribution in [2.24, 2.45) is 0 Å². The number of hydrogen-bond donors (Lipinski definition) is 0. The Labute approximate surface area is 198 Å². The first-order valence-corrected chi connectivity index (χ1v) is 10.9. The largest absolute Gasteiger partial charge is 0.497 e. The highest BCUT2D eigenvalue weighted by molar-refractivity contribution is 6.49. The minimum absolute atomic E-state index is 0.298. The van der Waals surface area contributed by atoms with Gasteiger partial charge in [-0.3, -0.25) is 9.59 Å². The van der Waals surface area contributed by atoms with Gasteiger partial charge in [0.15, 0.2) is 23.0 Å². The van der Waals surface area contributed by atoms with Gasteiger partial charge >= 0.3 is 0 Å². The van der Waals surface area contributed by atoms with Crippen LogP contribution in [0.1, 0.15) is 31.8 Å². The first-order chi connectivity index (χ1) is 16.5. The number of hydrogen-bond acceptors (Lipinski definition) is 7. The van der Waals surface area contributed by atoms with Gasteiger partial charge in [-0.2, -0.15) is 0 Å². The molecule has 0 aliphatic carbocycles. The Morgan fingerprint density at radius 3 is 2.06 bits per heavy atom. The molecule has 0 radical (unpaired) electrons. The molecule has 0 saturated heterocycles. The minimum atomic E-state index is -0.593. The maximum Gasteiger partial charge on any atom is 0.233 e. The van der Waals surface area contributed by atoms with Gasteiger partial charge in [0.2, 0.25) is 11.6 Å². The van der Waals surface area contributed by atoms with Crippen molar-refractivity contribution < 1.29 is 33.3 Å². The molecule has 0 bridgehead atoms. The molecule has 176 valence electrons. The fourth-order valence-corrected chi connectivity index (χ4v) is 3.86. The molecule has 0 fully saturated rings. The minimum Gasteiger partial charge on any atom is -0.497 e. The normalized spacial score (nSPS) is 12.1. The van der Waals surface area contributed by atoms with E-state index in [1.54, 1.807) is 57.7 Å². The molecule has 0 N–H and O–H groups in total. The summed E-state index contributed by atoms with van der Waals surface area (Å²) in [6.07, 6.45) is 1.14. The lowest BCUT2D eigenvalue weighted by atomic mass is 9.93. The molecule has 0 saturated carbocycles. The summed E-state index contributed by atoms with van der Waals surface area (Å²) in [5.41, 5.74) is 2.33. The molecule has 34 heavy (non-hydrogen) atoms. The van der Waals surface area contributed by atoms with E-state index in [2.05, 4.69) is 0 Å². The maximum absolute atomic E-state index is 13.3. The number of carbonyl (C=O) groups excluding carboxylic acids is 2. The Morgan fingerprint density at radius 2 is 1.41 bits per heavy atom. The van der Waals surface area contributed by atoms with Gasteiger partial charge in [0, 0.05) is 11.1 Å². The number of benzene rings is 3. The van der Waals surface area contributed by atoms with Crippen LogP contribution in [0.3, 0.4) is 0 Å². The van der Waals surface area contributed by atoms with Gasteiger partial charge in [0.05, 0.1) is 21.3 Å². The highest BCUT2D eigenvalue weighted by atomic mass is 16.6. The molecule has 7 nitrogen and oxygen atoms in total. The van der Waals surface area contributed by atoms with Crippen molar-refractivity contribution in [3.05, 3.63) is 76.9 Å². The molecule has 3 aromatic carbocycles. The Morgan fingerprint density at radius 1 is 0.735 bits per heavy atom. The predicted molar refractivity (Wildman–Crippen MR) is 126 cm³/mol. The van der Waals surface area contributed by atoms with Crippen molar-refractivity contribution in [3.63, 3.8) is 0 Å². The van der Waals surface area contributed by atoms with Crippen molar-refractivity contribution in [1.29, 1.82) is 0 Å². The monoisotopic (exact) mass is 462 g/mol. The van der Waals surface area contributed by atoms with E-state index in [0.29, 0.717) is 71.5 Å². The van der Waals surface area contributed by atoms with Crippen LogP contribution in [0.5, 0.6) is 28.7 Å². The molecule has 7 heteroatoms. The fraction of sp³-hybridized carbons (Fsp3) is 0.259. The van der Waals surface area contributed by atoms with Crippen LogP contribution in [0.25, 0.3) is 0 Å². The summed E-state index contributed by atoms with van der Waals surface area (Å²) < 4.78 is 27.2. The molecular formula is C27H26O7. The third-order valence-electron chi connectivity index (χ3n) is 5.70. The van der Waals surface area contributed by atoms with Gasteiger partial charge in [-0.25, -0.2) is 0 Å². The van der Waals surface area contributed by atoms with Crippen LogP contribution in [0.4, 0.5) is 0 Å². The highest BCUT2D eigenvalue weighted by Crippen LogP contribution is 2.35. The molecule has 1 aliphatic heterocycles. The zero-order chi connectivity index (χ0) is 24.1. The summed E-state index contributed by atoms with van der Waals surface area (Å²) in [6.45, 7) is 0.818. The molecule has 1 heterocycles. The Hall–Kier alpha value is -4.00. The molecular weight excluding hydrogens is 436 g/mol. The van der Waals surface area contributed by atoms with Crippen molar-refractivity contribution in [2.75, 3.05) is 34.5 Å². The van der Waals surface area contributed by atoms with Gasteiger partial charge in [-0.05, 0) is 72.5 Å². The predicted octanol–water partition coefficient (Wildman–Crippen LogP) is 4.33. The Balaban J connectivity index is 1.63. The molecule has 0 amide bonds. The second kappa shape index (κ2) is 10.3. The number of carbonyl (C=O) groups is 2. The molecule has 3 aromatic rings. The molecule has 0 spiro atoms. The standard InChI is InChI=1S/C27H26O7/c1-30-20-9-7-18(8-10-20)26(28)27(29)21-16-25-24(33-12-13-34-25)15-19(21)6-4-17-5-11-22(31-2)23(14-17)32-3/h5,7-11,14-16H,4,6,12-13H2,1-3H3. The zero-order valence-electron chi connectivity index (χ0n) is 19.4. The van der Waals surface area contributed by atoms with Crippen LogP contribution >= 0.6 is 0 Å². The third-order valence-corrected chi connectivity index (χ3v) is 5.70. The van der Waals surface area contributed by atoms with Crippen molar-refractivity contribution in [2.45, 2.75) is 12.8 Å². The van der Waals surface area contributed by atoms with Gasteiger partial charge in [0.25, 0.3) is 0 Å². The molecule has 0 atom stereocenters. The van der Waals surface area contributed by atoms with Gasteiger partial charge in [0.1, 0.15) is 19.0 Å². The van der Waals surface area contributed by atoms with E-state index < -0.39 is 11.6 Å². The second-order valence-electron chi connectivity index (χ2n) is 7.73. The van der Waals surface area contributed by atoms with Crippen molar-refractivity contribution >= 4 is 11.6 Å². The summed E-state index contributed by atoms with van der Waals surface area (Å²) in [5, 5.41) is 0. The zero-order valence-corrected chi connectivity index (χ0v) is 19.4. The lowest BCUT2D eigenvalue weighted by Gasteiger charge is -2.21. The molecule has 0 aromatic heterocycles. The third kappa shape index (κ3) is 4.83. The summed E-state index contributed by atoms with van der Waals surface area (Å²) >= 11 is 0. The van der Waals surface area contributed by atoms with Crippen LogP contribution in [0, 0.1) is 0 Å². The lowest BCUT2D eigenvalue weighted by Crippen LogP contribution is -2.20. The first kappa shape index (κ1) is 23.2. The van der Waals surface area contributed by atoms with Gasteiger partial charge in [-0.15, -0.1) is 0 Å². The maximum atomic E-state index is 13.3. The van der Waals surface area contributed by atoms with E-state index in [1.165, 1.54) is 0 Å². The van der Waals surface area contributed by atoms with Crippen LogP contribution in [0.15, 0.2) is 54.6 Å². The summed E-state index contributed by atoms with van der Waals surface area (Å²) in [7, 11) is 4.72. The number of Topliss-reactive ketones (excluding diaryl/α,β-unsaturated/α-hetero) is 2. The van der Waals surface area contributed by atoms with Crippen LogP contribution in [0.2, 0.25) is 0 Å². The van der Waals surface area contributed by atoms with Crippen molar-refractivity contribution in [3.8, 4) is 28.7 Å². The average molecular weight is 462 g/mol. The van der Waals surface area contributed by atoms with E-state index in [1.807, 2.05) is 18.2 Å². The van der Waals surface area contributed by atoms with E-state index in [0.717, 1.165) is 5.56 Å². The van der Waals surface area contributed by atoms with Crippen LogP contribution in [-0.4, -0.2) is 46.1 Å². The van der Waals surface area contributed by atoms with E-state index in [-0.39, 0.29) is 0 Å². The topological polar surface area (TPSA) is 80.3 Å². The molecule has 4 rings (SSSR count). The first-order valence-electron chi connectivity index (χ1n) is 10.9. The van der Waals surface area contributed by atoms with Gasteiger partial charge in [-0.1, -0.05) is 6.07 Å². The average Bonchev–Trinajstić information content (AvgIpc) is 2.90. The highest BCUT2D eigenvalue weighted by Gasteiger charge is 2.25. The Bertz CT molecular complexity index is 1200. The van der Waals surface area contributed by atoms with Crippen molar-refractivity contribution in [1.82, 2.24) is 0 Å². The SMILES string of the molecule is COc1ccc(C(=O)C(=O)c2cc3c(cc2CCc2ccc(OC)c(OC)c2)OCCO3)cc1. The summed E-state index contributed by atoms with van der Waals surface area (Å²) in [6, 6.07) is 15.6. The number of methoxy groups -OCH3 is 3. The Kier molecular flexibility index (Phi) is 7.01. The number of fused-ring (bicyclic) bond motifs is 1. The van der Waals surface area contributed by atoms with E-state index in [4.69, 9.17) is 23.7 Å². The van der Waals surface area contributed by atoms with Gasteiger partial charge < -0.3 is 23.7 Å². The summed E-state index contributed by atoms with van der Waals surface area (Å²) in [5.74, 6) is 1.74. The number of ketones is 2. The number of ether oxygens (including phenoxy) is 5. The quantitative estimate of drug-likeness (QED) is 0.346. The lowest BCUT2D eigenvalue weighted by molar-refractivity contribution is 0.0815. The molecule has 0 unspecified atom stereocenters. The van der Waals surface area contributed by atoms with E-state index in [9.17, 15) is 9.59 Å². The smallest absolute Gasteiger partial charge is 0.233 e. The van der Waals surface area contributed by atoms with Crippen LogP contribution in [-0.2, 0) is 12.8 Å². The molecule has 1 aliphatic rings. The fourth-order valence-electron chi connectivity index (χ4n) is 3.86. The second-order valence-corrected chi connectivity index (χ2v) is 7.73. The summed E-state index contributed by atoms with van der Waals surface area (Å²) in [4.78, 5) is 26.3. The van der Waals surface area contributed by atoms with E-state index >= 15 is 0 Å². The number of aryl methyl sites for hydroxylation is 2. The van der Waals surface area contributed by atoms with Crippen LogP contribution < -0.4 is 23.7 Å². The number of rotatable bonds is 9.